The second-order valence-electron chi connectivity index (χ2n) is 8.07. The molecule has 152 valence electrons. The smallest absolute Gasteiger partial charge is 0.272 e. The van der Waals surface area contributed by atoms with Gasteiger partial charge in [-0.1, -0.05) is 26.0 Å². The number of aryl methyl sites for hydroxylation is 1. The van der Waals surface area contributed by atoms with E-state index in [0.717, 1.165) is 35.6 Å². The molecule has 1 amide bonds. The summed E-state index contributed by atoms with van der Waals surface area (Å²) in [6, 6.07) is 11.5. The fourth-order valence-corrected chi connectivity index (χ4v) is 3.91. The zero-order valence-corrected chi connectivity index (χ0v) is 17.1. The van der Waals surface area contributed by atoms with E-state index in [1.165, 1.54) is 4.52 Å². The molecule has 0 spiro atoms. The second kappa shape index (κ2) is 7.83. The van der Waals surface area contributed by atoms with Crippen LogP contribution in [-0.4, -0.2) is 27.0 Å². The van der Waals surface area contributed by atoms with Gasteiger partial charge in [0.05, 0.1) is 11.7 Å². The van der Waals surface area contributed by atoms with Crippen LogP contribution in [0.5, 0.6) is 0 Å². The molecule has 0 unspecified atom stereocenters. The highest BCUT2D eigenvalue weighted by molar-refractivity contribution is 5.95. The molecule has 1 aliphatic heterocycles. The first-order valence-corrected chi connectivity index (χ1v) is 10.1. The quantitative estimate of drug-likeness (QED) is 0.675. The van der Waals surface area contributed by atoms with Crippen molar-refractivity contribution in [3.05, 3.63) is 63.7 Å². The highest BCUT2D eigenvalue weighted by Gasteiger charge is 2.22. The molecule has 1 aliphatic rings. The van der Waals surface area contributed by atoms with Gasteiger partial charge in [0.25, 0.3) is 5.56 Å². The Kier molecular flexibility index (Phi) is 5.24. The van der Waals surface area contributed by atoms with Crippen molar-refractivity contribution in [2.45, 2.75) is 46.2 Å². The highest BCUT2D eigenvalue weighted by Crippen LogP contribution is 2.23. The molecule has 2 aromatic heterocycles. The average Bonchev–Trinajstić information content (AvgIpc) is 3.27. The van der Waals surface area contributed by atoms with Gasteiger partial charge >= 0.3 is 0 Å². The molecule has 0 aliphatic carbocycles. The van der Waals surface area contributed by atoms with E-state index in [4.69, 9.17) is 4.98 Å². The number of H-pyrrole nitrogens is 1. The van der Waals surface area contributed by atoms with E-state index in [1.54, 1.807) is 6.07 Å². The molecule has 0 bridgehead atoms. The molecule has 1 atom stereocenters. The van der Waals surface area contributed by atoms with Gasteiger partial charge in [0.1, 0.15) is 0 Å². The molecule has 0 radical (unpaired) electrons. The number of hydrogen-bond acceptors (Lipinski definition) is 4. The summed E-state index contributed by atoms with van der Waals surface area (Å²) in [5.41, 5.74) is 4.27. The fourth-order valence-electron chi connectivity index (χ4n) is 3.91. The van der Waals surface area contributed by atoms with Crippen molar-refractivity contribution in [3.63, 3.8) is 0 Å². The fraction of sp³-hybridized carbons (Fsp3) is 0.409. The highest BCUT2D eigenvalue weighted by atomic mass is 16.2. The molecular weight excluding hydrogens is 366 g/mol. The standard InChI is InChI=1S/C22H27N5O2/c1-14(2)22(18-12-21(29)27-19(24-18)11-15(3)25-27)23-13-16-6-8-17(9-7-16)26-10-4-5-20(26)28/h6-9,11-12,14,22-23,25H,4-5,10,13H2,1-3H3/t22-/m1/s1. The van der Waals surface area contributed by atoms with Gasteiger partial charge in [0.15, 0.2) is 5.65 Å². The Hall–Kier alpha value is -2.93. The largest absolute Gasteiger partial charge is 0.312 e. The van der Waals surface area contributed by atoms with E-state index in [-0.39, 0.29) is 23.4 Å². The summed E-state index contributed by atoms with van der Waals surface area (Å²) in [6.45, 7) is 7.60. The molecule has 7 heteroatoms. The first-order chi connectivity index (χ1) is 13.9. The predicted molar refractivity (Wildman–Crippen MR) is 113 cm³/mol. The molecular formula is C22H27N5O2. The number of hydrogen-bond donors (Lipinski definition) is 2. The van der Waals surface area contributed by atoms with Crippen LogP contribution in [0.4, 0.5) is 5.69 Å². The SMILES string of the molecule is Cc1cc2nc([C@H](NCc3ccc(N4CCCC4=O)cc3)C(C)C)cc(=O)n2[nH]1. The summed E-state index contributed by atoms with van der Waals surface area (Å²) in [6.07, 6.45) is 1.56. The number of carbonyl (C=O) groups is 1. The maximum Gasteiger partial charge on any atom is 0.272 e. The molecule has 29 heavy (non-hydrogen) atoms. The van der Waals surface area contributed by atoms with Gasteiger partial charge in [-0.25, -0.2) is 9.50 Å². The van der Waals surface area contributed by atoms with E-state index in [9.17, 15) is 9.59 Å². The number of carbonyl (C=O) groups excluding carboxylic acids is 1. The van der Waals surface area contributed by atoms with E-state index >= 15 is 0 Å². The summed E-state index contributed by atoms with van der Waals surface area (Å²) < 4.78 is 1.47. The lowest BCUT2D eigenvalue weighted by molar-refractivity contribution is -0.117. The minimum atomic E-state index is -0.106. The number of benzene rings is 1. The number of anilines is 1. The third-order valence-corrected chi connectivity index (χ3v) is 5.43. The number of rotatable bonds is 6. The van der Waals surface area contributed by atoms with E-state index in [0.29, 0.717) is 18.6 Å². The minimum absolute atomic E-state index is 0.0391. The van der Waals surface area contributed by atoms with Crippen LogP contribution >= 0.6 is 0 Å². The summed E-state index contributed by atoms with van der Waals surface area (Å²) >= 11 is 0. The summed E-state index contributed by atoms with van der Waals surface area (Å²) in [5, 5.41) is 6.55. The van der Waals surface area contributed by atoms with Crippen LogP contribution in [0.1, 0.15) is 49.7 Å². The van der Waals surface area contributed by atoms with Crippen LogP contribution in [0.3, 0.4) is 0 Å². The van der Waals surface area contributed by atoms with Crippen LogP contribution in [0.15, 0.2) is 41.2 Å². The van der Waals surface area contributed by atoms with Gasteiger partial charge in [0, 0.05) is 43.0 Å². The third kappa shape index (κ3) is 3.96. The van der Waals surface area contributed by atoms with Crippen molar-refractivity contribution in [1.29, 1.82) is 0 Å². The molecule has 1 saturated heterocycles. The molecule has 0 saturated carbocycles. The lowest BCUT2D eigenvalue weighted by Crippen LogP contribution is -2.28. The Morgan fingerprint density at radius 1 is 1.17 bits per heavy atom. The number of nitrogens with zero attached hydrogens (tertiary/aromatic N) is 3. The normalized spacial score (nSPS) is 15.6. The zero-order chi connectivity index (χ0) is 20.5. The molecule has 1 fully saturated rings. The minimum Gasteiger partial charge on any atom is -0.312 e. The monoisotopic (exact) mass is 393 g/mol. The van der Waals surface area contributed by atoms with Gasteiger partial charge in [-0.2, -0.15) is 0 Å². The molecule has 2 N–H and O–H groups in total. The van der Waals surface area contributed by atoms with Crippen molar-refractivity contribution in [3.8, 4) is 0 Å². The Morgan fingerprint density at radius 2 is 1.93 bits per heavy atom. The van der Waals surface area contributed by atoms with Crippen molar-refractivity contribution >= 4 is 17.2 Å². The Bertz CT molecular complexity index is 1080. The lowest BCUT2D eigenvalue weighted by atomic mass is 10.00. The van der Waals surface area contributed by atoms with Gasteiger partial charge in [-0.05, 0) is 37.0 Å². The summed E-state index contributed by atoms with van der Waals surface area (Å²) in [5.74, 6) is 0.467. The van der Waals surface area contributed by atoms with Crippen LogP contribution in [0, 0.1) is 12.8 Å². The summed E-state index contributed by atoms with van der Waals surface area (Å²) in [7, 11) is 0. The Balaban J connectivity index is 1.50. The number of aromatic amines is 1. The number of fused-ring (bicyclic) bond motifs is 1. The van der Waals surface area contributed by atoms with Crippen LogP contribution in [-0.2, 0) is 11.3 Å². The molecule has 4 rings (SSSR count). The van der Waals surface area contributed by atoms with Gasteiger partial charge in [0.2, 0.25) is 5.91 Å². The zero-order valence-electron chi connectivity index (χ0n) is 17.1. The topological polar surface area (TPSA) is 82.5 Å². The number of amides is 1. The molecule has 3 heterocycles. The van der Waals surface area contributed by atoms with E-state index in [2.05, 4.69) is 24.3 Å². The van der Waals surface area contributed by atoms with E-state index < -0.39 is 0 Å². The van der Waals surface area contributed by atoms with Gasteiger partial charge in [-0.3, -0.25) is 14.7 Å². The van der Waals surface area contributed by atoms with Crippen molar-refractivity contribution < 1.29 is 4.79 Å². The van der Waals surface area contributed by atoms with Crippen LogP contribution in [0.25, 0.3) is 5.65 Å². The molecule has 1 aromatic carbocycles. The van der Waals surface area contributed by atoms with Crippen molar-refractivity contribution in [1.82, 2.24) is 19.9 Å². The number of aromatic nitrogens is 3. The predicted octanol–water partition coefficient (Wildman–Crippen LogP) is 2.94. The lowest BCUT2D eigenvalue weighted by Gasteiger charge is -2.22. The van der Waals surface area contributed by atoms with Gasteiger partial charge < -0.3 is 10.2 Å². The number of nitrogens with one attached hydrogen (secondary N) is 2. The Morgan fingerprint density at radius 3 is 2.59 bits per heavy atom. The maximum absolute atomic E-state index is 12.4. The second-order valence-corrected chi connectivity index (χ2v) is 8.07. The molecule has 3 aromatic rings. The van der Waals surface area contributed by atoms with Crippen LogP contribution in [0.2, 0.25) is 0 Å². The van der Waals surface area contributed by atoms with Crippen molar-refractivity contribution in [2.24, 2.45) is 5.92 Å². The maximum atomic E-state index is 12.4. The first kappa shape index (κ1) is 19.4. The van der Waals surface area contributed by atoms with Gasteiger partial charge in [-0.15, -0.1) is 0 Å². The summed E-state index contributed by atoms with van der Waals surface area (Å²) in [4.78, 5) is 30.9. The average molecular weight is 393 g/mol. The third-order valence-electron chi connectivity index (χ3n) is 5.43. The van der Waals surface area contributed by atoms with Crippen molar-refractivity contribution in [2.75, 3.05) is 11.4 Å². The first-order valence-electron chi connectivity index (χ1n) is 10.1. The molecule has 7 nitrogen and oxygen atoms in total. The van der Waals surface area contributed by atoms with Crippen LogP contribution < -0.4 is 15.8 Å². The Labute approximate surface area is 169 Å². The van der Waals surface area contributed by atoms with E-state index in [1.807, 2.05) is 42.2 Å².